The van der Waals surface area contributed by atoms with E-state index in [9.17, 15) is 0 Å². The molecule has 0 rings (SSSR count). The monoisotopic (exact) mass is 179 g/mol. The van der Waals surface area contributed by atoms with E-state index in [-0.39, 0.29) is 0 Å². The van der Waals surface area contributed by atoms with Gasteiger partial charge in [0.1, 0.15) is 0 Å². The summed E-state index contributed by atoms with van der Waals surface area (Å²) in [4.78, 5) is 2.13. The van der Waals surface area contributed by atoms with Crippen LogP contribution in [0.15, 0.2) is 23.6 Å². The molecule has 0 saturated carbocycles. The number of hydrogen-bond donors (Lipinski definition) is 0. The molecule has 0 bridgehead atoms. The first-order valence-electron chi connectivity index (χ1n) is 1.53. The van der Waals surface area contributed by atoms with Crippen LogP contribution in [0.25, 0.3) is 0 Å². The Kier molecular flexibility index (Phi) is 6.21. The Bertz CT molecular complexity index is 65.6. The fourth-order valence-corrected chi connectivity index (χ4v) is 1.14. The van der Waals surface area contributed by atoms with Gasteiger partial charge in [-0.1, -0.05) is 0 Å². The third-order valence-electron chi connectivity index (χ3n) is 0.289. The zero-order valence-electron chi connectivity index (χ0n) is 3.33. The van der Waals surface area contributed by atoms with Crippen LogP contribution in [0.5, 0.6) is 0 Å². The second kappa shape index (κ2) is 5.62. The third-order valence-corrected chi connectivity index (χ3v) is 2.01. The van der Waals surface area contributed by atoms with Crippen molar-refractivity contribution in [1.29, 1.82) is 0 Å². The first-order valence-corrected chi connectivity index (χ1v) is 6.70. The number of rotatable bonds is 2. The Labute approximate surface area is 51.4 Å². The molecular weight excluding hydrogens is 174 g/mol. The first-order chi connectivity index (χ1) is 2.91. The fourth-order valence-electron chi connectivity index (χ4n) is 0.0993. The molecule has 0 aromatic rings. The van der Waals surface area contributed by atoms with Crippen molar-refractivity contribution in [3.05, 3.63) is 23.6 Å². The van der Waals surface area contributed by atoms with E-state index in [1.54, 1.807) is 6.08 Å². The van der Waals surface area contributed by atoms with Crippen molar-refractivity contribution in [2.45, 2.75) is 0 Å². The fraction of sp³-hybridized carbons (Fsp3) is 0. The third kappa shape index (κ3) is 4.62. The van der Waals surface area contributed by atoms with Crippen molar-refractivity contribution in [3.63, 3.8) is 0 Å². The minimum absolute atomic E-state index is 0.398. The summed E-state index contributed by atoms with van der Waals surface area (Å²) in [5.74, 6) is 0. The van der Waals surface area contributed by atoms with Crippen molar-refractivity contribution in [2.75, 3.05) is 0 Å². The average molecular weight is 179 g/mol. The van der Waals surface area contributed by atoms with E-state index >= 15 is 0 Å². The molecule has 0 nitrogen and oxygen atoms in total. The molecule has 0 aromatic carbocycles. The molecule has 0 amide bonds. The van der Waals surface area contributed by atoms with Crippen LogP contribution >= 0.6 is 0 Å². The molecular formula is C4H5AsV. The molecule has 0 N–H and O–H groups in total. The molecule has 0 radical (unpaired) electrons. The van der Waals surface area contributed by atoms with Gasteiger partial charge in [-0.25, -0.2) is 0 Å². The summed E-state index contributed by atoms with van der Waals surface area (Å²) in [6, 6.07) is 0. The molecule has 0 aromatic heterocycles. The van der Waals surface area contributed by atoms with Gasteiger partial charge >= 0.3 is 51.4 Å². The van der Waals surface area contributed by atoms with E-state index in [4.69, 9.17) is 0 Å². The molecule has 0 atom stereocenters. The topological polar surface area (TPSA) is 0 Å². The molecule has 0 aliphatic rings. The van der Waals surface area contributed by atoms with Gasteiger partial charge in [-0.15, -0.1) is 0 Å². The van der Waals surface area contributed by atoms with E-state index in [1.165, 1.54) is 0 Å². The summed E-state index contributed by atoms with van der Waals surface area (Å²) in [6.45, 7) is 3.52. The van der Waals surface area contributed by atoms with Gasteiger partial charge in [0.2, 0.25) is 0 Å². The summed E-state index contributed by atoms with van der Waals surface area (Å²) < 4.78 is 0. The van der Waals surface area contributed by atoms with E-state index in [2.05, 4.69) is 26.2 Å². The Morgan fingerprint density at radius 1 is 1.67 bits per heavy atom. The minimum atomic E-state index is 0.398. The van der Waals surface area contributed by atoms with Crippen LogP contribution in [0, 0.1) is 0 Å². The van der Waals surface area contributed by atoms with Crippen LogP contribution in [0.3, 0.4) is 0 Å². The average Bonchev–Trinajstić information content (AvgIpc) is 1.61. The van der Waals surface area contributed by atoms with Crippen LogP contribution in [0.2, 0.25) is 0 Å². The zero-order valence-corrected chi connectivity index (χ0v) is 6.61. The van der Waals surface area contributed by atoms with Crippen molar-refractivity contribution < 1.29 is 14.8 Å². The van der Waals surface area contributed by atoms with Crippen LogP contribution < -0.4 is 0 Å². The van der Waals surface area contributed by atoms with Gasteiger partial charge in [0.15, 0.2) is 0 Å². The Hall–Kier alpha value is 0.623. The Morgan fingerprint density at radius 2 is 2.33 bits per heavy atom. The van der Waals surface area contributed by atoms with Gasteiger partial charge in [0.05, 0.1) is 0 Å². The van der Waals surface area contributed by atoms with Crippen LogP contribution in [0.1, 0.15) is 0 Å². The van der Waals surface area contributed by atoms with E-state index in [0.29, 0.717) is 13.0 Å². The maximum absolute atomic E-state index is 3.52. The summed E-state index contributed by atoms with van der Waals surface area (Å²) in [7, 11) is 0. The van der Waals surface area contributed by atoms with E-state index in [1.807, 2.05) is 6.08 Å². The molecule has 31 valence electrons. The second-order valence-corrected chi connectivity index (χ2v) is 3.68. The van der Waals surface area contributed by atoms with Gasteiger partial charge in [-0.05, 0) is 0 Å². The molecule has 2 heteroatoms. The first kappa shape index (κ1) is 6.62. The summed E-state index contributed by atoms with van der Waals surface area (Å²) in [5, 5.41) is 0. The van der Waals surface area contributed by atoms with Crippen molar-refractivity contribution in [3.8, 4) is 0 Å². The second-order valence-electron chi connectivity index (χ2n) is 0.693. The van der Waals surface area contributed by atoms with Gasteiger partial charge in [0.25, 0.3) is 0 Å². The van der Waals surface area contributed by atoms with E-state index < -0.39 is 0 Å². The summed E-state index contributed by atoms with van der Waals surface area (Å²) in [6.07, 6.45) is 3.77. The van der Waals surface area contributed by atoms with Gasteiger partial charge in [0, 0.05) is 0 Å². The molecule has 0 aliphatic heterocycles. The maximum atomic E-state index is 3.52. The SMILES string of the molecule is C=C/C=C\[As]=[V]. The quantitative estimate of drug-likeness (QED) is 0.435. The summed E-state index contributed by atoms with van der Waals surface area (Å²) >= 11 is 2.96. The van der Waals surface area contributed by atoms with Gasteiger partial charge in [-0.3, -0.25) is 0 Å². The predicted molar refractivity (Wildman–Crippen MR) is 25.1 cm³/mol. The number of hydrogen-bond acceptors (Lipinski definition) is 0. The normalized spacial score (nSPS) is 9.83. The number of allylic oxidation sites excluding steroid dienone is 2. The van der Waals surface area contributed by atoms with Crippen LogP contribution in [0.4, 0.5) is 0 Å². The van der Waals surface area contributed by atoms with Crippen molar-refractivity contribution >= 4 is 13.0 Å². The van der Waals surface area contributed by atoms with Crippen LogP contribution in [-0.4, -0.2) is 13.0 Å². The van der Waals surface area contributed by atoms with E-state index in [0.717, 1.165) is 0 Å². The molecule has 0 fully saturated rings. The zero-order chi connectivity index (χ0) is 4.83. The standard InChI is InChI=1S/C4H5As.V/c1-2-3-4-5;/h2-4H,1H2;/b4-3-;. The Morgan fingerprint density at radius 3 is 2.50 bits per heavy atom. The van der Waals surface area contributed by atoms with Gasteiger partial charge < -0.3 is 0 Å². The van der Waals surface area contributed by atoms with Crippen molar-refractivity contribution in [2.24, 2.45) is 0 Å². The molecule has 0 saturated heterocycles. The molecule has 0 unspecified atom stereocenters. The summed E-state index contributed by atoms with van der Waals surface area (Å²) in [5.41, 5.74) is 0. The molecule has 6 heavy (non-hydrogen) atoms. The predicted octanol–water partition coefficient (Wildman–Crippen LogP) is 0.852. The molecule has 0 spiro atoms. The van der Waals surface area contributed by atoms with Crippen molar-refractivity contribution in [1.82, 2.24) is 0 Å². The molecule has 0 heterocycles. The van der Waals surface area contributed by atoms with Gasteiger partial charge in [-0.2, -0.15) is 0 Å². The van der Waals surface area contributed by atoms with Crippen LogP contribution in [-0.2, 0) is 14.8 Å². The molecule has 0 aliphatic carbocycles. The Balaban J connectivity index is 3.17.